The van der Waals surface area contributed by atoms with E-state index < -0.39 is 5.97 Å². The zero-order chi connectivity index (χ0) is 13.0. The third kappa shape index (κ3) is 3.53. The van der Waals surface area contributed by atoms with E-state index >= 15 is 0 Å². The van der Waals surface area contributed by atoms with Crippen molar-refractivity contribution in [1.29, 1.82) is 0 Å². The highest BCUT2D eigenvalue weighted by molar-refractivity contribution is 7.11. The van der Waals surface area contributed by atoms with Gasteiger partial charge in [-0.25, -0.2) is 4.98 Å². The van der Waals surface area contributed by atoms with E-state index in [4.69, 9.17) is 5.11 Å². The maximum atomic E-state index is 10.6. The van der Waals surface area contributed by atoms with Gasteiger partial charge >= 0.3 is 5.97 Å². The number of aromatic nitrogens is 1. The van der Waals surface area contributed by atoms with Crippen molar-refractivity contribution in [1.82, 2.24) is 9.88 Å². The van der Waals surface area contributed by atoms with Crippen molar-refractivity contribution in [3.8, 4) is 0 Å². The Balaban J connectivity index is 2.00. The lowest BCUT2D eigenvalue weighted by Gasteiger charge is -2.11. The number of aryl methyl sites for hydroxylation is 2. The van der Waals surface area contributed by atoms with Gasteiger partial charge in [0.1, 0.15) is 5.01 Å². The Morgan fingerprint density at radius 2 is 2.17 bits per heavy atom. The maximum Gasteiger partial charge on any atom is 0.303 e. The van der Waals surface area contributed by atoms with Gasteiger partial charge in [-0.2, -0.15) is 0 Å². The molecule has 1 aliphatic rings. The highest BCUT2D eigenvalue weighted by atomic mass is 32.1. The van der Waals surface area contributed by atoms with Gasteiger partial charge in [-0.1, -0.05) is 6.92 Å². The Morgan fingerprint density at radius 3 is 2.78 bits per heavy atom. The van der Waals surface area contributed by atoms with Gasteiger partial charge in [-0.3, -0.25) is 9.69 Å². The van der Waals surface area contributed by atoms with Crippen LogP contribution in [0.3, 0.4) is 0 Å². The predicted molar refractivity (Wildman–Crippen MR) is 72.0 cm³/mol. The Morgan fingerprint density at radius 1 is 1.44 bits per heavy atom. The molecule has 0 unspecified atom stereocenters. The van der Waals surface area contributed by atoms with Crippen LogP contribution in [0.5, 0.6) is 0 Å². The summed E-state index contributed by atoms with van der Waals surface area (Å²) in [4.78, 5) is 18.9. The third-order valence-corrected chi connectivity index (χ3v) is 4.42. The lowest BCUT2D eigenvalue weighted by Crippen LogP contribution is -2.18. The molecule has 0 atom stereocenters. The van der Waals surface area contributed by atoms with Gasteiger partial charge in [-0.15, -0.1) is 11.3 Å². The van der Waals surface area contributed by atoms with E-state index in [0.29, 0.717) is 6.42 Å². The van der Waals surface area contributed by atoms with Crippen LogP contribution in [0.15, 0.2) is 0 Å². The number of carbonyl (C=O) groups is 1. The number of rotatable bonds is 6. The fraction of sp³-hybridized carbons (Fsp3) is 0.692. The summed E-state index contributed by atoms with van der Waals surface area (Å²) >= 11 is 1.70. The molecule has 0 spiro atoms. The Labute approximate surface area is 112 Å². The smallest absolute Gasteiger partial charge is 0.303 e. The first-order chi connectivity index (χ1) is 8.69. The van der Waals surface area contributed by atoms with E-state index in [1.807, 2.05) is 0 Å². The van der Waals surface area contributed by atoms with Gasteiger partial charge in [0.2, 0.25) is 0 Å². The van der Waals surface area contributed by atoms with Gasteiger partial charge < -0.3 is 5.11 Å². The van der Waals surface area contributed by atoms with Crippen molar-refractivity contribution in [3.05, 3.63) is 15.6 Å². The van der Waals surface area contributed by atoms with Crippen LogP contribution in [-0.4, -0.2) is 34.0 Å². The molecule has 0 radical (unpaired) electrons. The van der Waals surface area contributed by atoms with E-state index in [0.717, 1.165) is 28.5 Å². The second kappa shape index (κ2) is 6.29. The minimum Gasteiger partial charge on any atom is -0.481 e. The molecule has 1 aromatic heterocycles. The van der Waals surface area contributed by atoms with Crippen molar-refractivity contribution in [2.75, 3.05) is 13.1 Å². The summed E-state index contributed by atoms with van der Waals surface area (Å²) in [5.41, 5.74) is 1.09. The summed E-state index contributed by atoms with van der Waals surface area (Å²) in [5.74, 6) is -0.730. The number of aliphatic carboxylic acids is 1. The highest BCUT2D eigenvalue weighted by Crippen LogP contribution is 2.23. The first-order valence-electron chi connectivity index (χ1n) is 6.60. The standard InChI is InChI=1S/C13H20N2O2S/c1-2-10-11(5-6-13(16)17)18-12(14-10)9-15-7-3-4-8-15/h2-9H2,1H3,(H,16,17). The summed E-state index contributed by atoms with van der Waals surface area (Å²) in [6.07, 6.45) is 4.30. The van der Waals surface area contributed by atoms with Gasteiger partial charge in [-0.05, 0) is 38.8 Å². The van der Waals surface area contributed by atoms with Crippen LogP contribution in [0, 0.1) is 0 Å². The van der Waals surface area contributed by atoms with E-state index in [9.17, 15) is 4.79 Å². The summed E-state index contributed by atoms with van der Waals surface area (Å²) < 4.78 is 0. The topological polar surface area (TPSA) is 53.4 Å². The van der Waals surface area contributed by atoms with Crippen LogP contribution in [-0.2, 0) is 24.2 Å². The zero-order valence-electron chi connectivity index (χ0n) is 10.8. The highest BCUT2D eigenvalue weighted by Gasteiger charge is 2.16. The number of hydrogen-bond donors (Lipinski definition) is 1. The summed E-state index contributed by atoms with van der Waals surface area (Å²) in [6, 6.07) is 0. The number of thiazole rings is 1. The number of hydrogen-bond acceptors (Lipinski definition) is 4. The molecule has 2 rings (SSSR count). The summed E-state index contributed by atoms with van der Waals surface area (Å²) in [7, 11) is 0. The molecule has 5 heteroatoms. The third-order valence-electron chi connectivity index (χ3n) is 3.28. The SMILES string of the molecule is CCc1nc(CN2CCCC2)sc1CCC(=O)O. The van der Waals surface area contributed by atoms with Crippen molar-refractivity contribution >= 4 is 17.3 Å². The molecule has 0 aliphatic carbocycles. The number of likely N-dealkylation sites (tertiary alicyclic amines) is 1. The molecule has 1 saturated heterocycles. The molecule has 4 nitrogen and oxygen atoms in total. The van der Waals surface area contributed by atoms with E-state index in [1.165, 1.54) is 25.9 Å². The lowest BCUT2D eigenvalue weighted by molar-refractivity contribution is -0.136. The second-order valence-electron chi connectivity index (χ2n) is 4.71. The minimum absolute atomic E-state index is 0.207. The van der Waals surface area contributed by atoms with Crippen LogP contribution in [0.2, 0.25) is 0 Å². The Hall–Kier alpha value is -0.940. The van der Waals surface area contributed by atoms with Crippen LogP contribution >= 0.6 is 11.3 Å². The summed E-state index contributed by atoms with van der Waals surface area (Å²) in [6.45, 7) is 5.36. The van der Waals surface area contributed by atoms with Gasteiger partial charge in [0.25, 0.3) is 0 Å². The molecule has 100 valence electrons. The second-order valence-corrected chi connectivity index (χ2v) is 5.88. The minimum atomic E-state index is -0.730. The average Bonchev–Trinajstić information content (AvgIpc) is 2.96. The Kier molecular flexibility index (Phi) is 4.72. The fourth-order valence-electron chi connectivity index (χ4n) is 2.33. The molecular formula is C13H20N2O2S. The number of carboxylic acid groups (broad SMARTS) is 1. The quantitative estimate of drug-likeness (QED) is 0.860. The normalized spacial score (nSPS) is 16.3. The van der Waals surface area contributed by atoms with Crippen LogP contribution in [0.1, 0.15) is 41.8 Å². The van der Waals surface area contributed by atoms with Gasteiger partial charge in [0, 0.05) is 4.88 Å². The maximum absolute atomic E-state index is 10.6. The fourth-order valence-corrected chi connectivity index (χ4v) is 3.53. The molecule has 1 fully saturated rings. The number of carboxylic acids is 1. The van der Waals surface area contributed by atoms with Gasteiger partial charge in [0.15, 0.2) is 0 Å². The zero-order valence-corrected chi connectivity index (χ0v) is 11.6. The summed E-state index contributed by atoms with van der Waals surface area (Å²) in [5, 5.41) is 9.90. The molecule has 1 aromatic rings. The Bertz CT molecular complexity index is 411. The van der Waals surface area contributed by atoms with Crippen molar-refractivity contribution in [2.24, 2.45) is 0 Å². The molecule has 0 saturated carbocycles. The monoisotopic (exact) mass is 268 g/mol. The first-order valence-corrected chi connectivity index (χ1v) is 7.42. The van der Waals surface area contributed by atoms with Crippen molar-refractivity contribution in [3.63, 3.8) is 0 Å². The molecular weight excluding hydrogens is 248 g/mol. The molecule has 0 aromatic carbocycles. The van der Waals surface area contributed by atoms with E-state index in [1.54, 1.807) is 11.3 Å². The lowest BCUT2D eigenvalue weighted by atomic mass is 10.2. The van der Waals surface area contributed by atoms with Crippen LogP contribution in [0.25, 0.3) is 0 Å². The first kappa shape index (κ1) is 13.5. The molecule has 2 heterocycles. The van der Waals surface area contributed by atoms with Crippen LogP contribution in [0.4, 0.5) is 0 Å². The molecule has 0 bridgehead atoms. The van der Waals surface area contributed by atoms with Crippen molar-refractivity contribution in [2.45, 2.75) is 45.6 Å². The molecule has 1 aliphatic heterocycles. The van der Waals surface area contributed by atoms with Gasteiger partial charge in [0.05, 0.1) is 18.7 Å². The van der Waals surface area contributed by atoms with Crippen LogP contribution < -0.4 is 0 Å². The number of nitrogens with zero attached hydrogens (tertiary/aromatic N) is 2. The largest absolute Gasteiger partial charge is 0.481 e. The average molecular weight is 268 g/mol. The van der Waals surface area contributed by atoms with Crippen molar-refractivity contribution < 1.29 is 9.90 Å². The van der Waals surface area contributed by atoms with E-state index in [2.05, 4.69) is 16.8 Å². The molecule has 0 amide bonds. The van der Waals surface area contributed by atoms with E-state index in [-0.39, 0.29) is 6.42 Å². The predicted octanol–water partition coefficient (Wildman–Crippen LogP) is 2.32. The molecule has 1 N–H and O–H groups in total. The molecule has 18 heavy (non-hydrogen) atoms.